The number of hydrogen-bond acceptors (Lipinski definition) is 4. The van der Waals surface area contributed by atoms with E-state index < -0.39 is 5.97 Å². The zero-order valence-corrected chi connectivity index (χ0v) is 13.7. The summed E-state index contributed by atoms with van der Waals surface area (Å²) in [5.74, 6) is -0.0807. The Hall–Kier alpha value is -3.40. The molecule has 0 aliphatic carbocycles. The van der Waals surface area contributed by atoms with Crippen LogP contribution in [0.1, 0.15) is 11.1 Å². The summed E-state index contributed by atoms with van der Waals surface area (Å²) in [5.41, 5.74) is 4.13. The lowest BCUT2D eigenvalue weighted by atomic mass is 10.1. The van der Waals surface area contributed by atoms with Crippen LogP contribution in [0.15, 0.2) is 95.4 Å². The molecule has 25 heavy (non-hydrogen) atoms. The van der Waals surface area contributed by atoms with Gasteiger partial charge in [-0.2, -0.15) is 0 Å². The topological polar surface area (TPSA) is 41.9 Å². The second-order valence-electron chi connectivity index (χ2n) is 5.85. The minimum Gasteiger partial charge on any atom is -0.402 e. The summed E-state index contributed by atoms with van der Waals surface area (Å²) in [6.45, 7) is 2.06. The van der Waals surface area contributed by atoms with Gasteiger partial charge in [0, 0.05) is 29.2 Å². The molecular formula is C21H16N2O2. The molecule has 4 nitrogen and oxygen atoms in total. The number of aliphatic imine (C=N–C) groups is 1. The number of hydrogen-bond donors (Lipinski definition) is 0. The second kappa shape index (κ2) is 6.24. The van der Waals surface area contributed by atoms with Crippen LogP contribution in [0.3, 0.4) is 0 Å². The summed E-state index contributed by atoms with van der Waals surface area (Å²) in [6, 6.07) is 17.7. The van der Waals surface area contributed by atoms with Crippen LogP contribution >= 0.6 is 0 Å². The quantitative estimate of drug-likeness (QED) is 0.616. The average Bonchev–Trinajstić information content (AvgIpc) is 3.05. The molecule has 0 aromatic heterocycles. The number of nitrogens with zero attached hydrogens (tertiary/aromatic N) is 2. The van der Waals surface area contributed by atoms with Gasteiger partial charge in [0.2, 0.25) is 5.90 Å². The van der Waals surface area contributed by atoms with Crippen molar-refractivity contribution in [3.05, 3.63) is 102 Å². The van der Waals surface area contributed by atoms with E-state index in [2.05, 4.69) is 36.2 Å². The van der Waals surface area contributed by atoms with Gasteiger partial charge in [-0.1, -0.05) is 35.9 Å². The fraction of sp³-hybridized carbons (Fsp3) is 0.0476. The third-order valence-electron chi connectivity index (χ3n) is 4.05. The first-order valence-corrected chi connectivity index (χ1v) is 8.03. The Kier molecular flexibility index (Phi) is 3.78. The molecule has 2 aliphatic heterocycles. The molecule has 0 unspecified atom stereocenters. The predicted molar refractivity (Wildman–Crippen MR) is 98.0 cm³/mol. The number of carbonyl (C=O) groups excluding carboxylic acids is 1. The number of carbonyl (C=O) groups is 1. The van der Waals surface area contributed by atoms with Crippen LogP contribution in [0.2, 0.25) is 0 Å². The van der Waals surface area contributed by atoms with Gasteiger partial charge >= 0.3 is 5.97 Å². The van der Waals surface area contributed by atoms with Crippen LogP contribution in [0.5, 0.6) is 0 Å². The Morgan fingerprint density at radius 3 is 2.28 bits per heavy atom. The predicted octanol–water partition coefficient (Wildman–Crippen LogP) is 4.10. The number of cyclic esters (lactones) is 1. The molecular weight excluding hydrogens is 312 g/mol. The standard InChI is InChI=1S/C21H16N2O2/c1-15-7-9-18(10-8-15)23-13-11-16(12-14-23)19-21(24)25-20(22-19)17-5-3-2-4-6-17/h2-14H,1H3. The molecule has 0 amide bonds. The first-order chi connectivity index (χ1) is 12.2. The van der Waals surface area contributed by atoms with E-state index in [0.29, 0.717) is 11.6 Å². The van der Waals surface area contributed by atoms with Crippen LogP contribution in [-0.2, 0) is 9.53 Å². The van der Waals surface area contributed by atoms with Crippen LogP contribution < -0.4 is 4.90 Å². The third kappa shape index (κ3) is 3.02. The van der Waals surface area contributed by atoms with Crippen molar-refractivity contribution in [1.29, 1.82) is 0 Å². The van der Waals surface area contributed by atoms with Crippen molar-refractivity contribution in [3.63, 3.8) is 0 Å². The molecule has 2 aromatic carbocycles. The Labute approximate surface area is 146 Å². The summed E-state index contributed by atoms with van der Waals surface area (Å²) in [6.07, 6.45) is 7.56. The molecule has 0 bridgehead atoms. The lowest BCUT2D eigenvalue weighted by Gasteiger charge is -2.19. The van der Waals surface area contributed by atoms with Gasteiger partial charge in [0.05, 0.1) is 0 Å². The zero-order chi connectivity index (χ0) is 17.2. The Morgan fingerprint density at radius 1 is 0.920 bits per heavy atom. The van der Waals surface area contributed by atoms with E-state index in [0.717, 1.165) is 16.8 Å². The molecule has 0 radical (unpaired) electrons. The molecule has 122 valence electrons. The van der Waals surface area contributed by atoms with Gasteiger partial charge in [-0.05, 0) is 43.3 Å². The van der Waals surface area contributed by atoms with Crippen molar-refractivity contribution in [2.24, 2.45) is 4.99 Å². The lowest BCUT2D eigenvalue weighted by Crippen LogP contribution is -2.11. The molecule has 2 heterocycles. The van der Waals surface area contributed by atoms with Crippen LogP contribution in [-0.4, -0.2) is 11.9 Å². The molecule has 0 saturated carbocycles. The van der Waals surface area contributed by atoms with Gasteiger partial charge in [0.25, 0.3) is 0 Å². The van der Waals surface area contributed by atoms with E-state index in [9.17, 15) is 4.79 Å². The van der Waals surface area contributed by atoms with Crippen molar-refractivity contribution in [2.45, 2.75) is 6.92 Å². The van der Waals surface area contributed by atoms with Gasteiger partial charge < -0.3 is 9.64 Å². The molecule has 2 aliphatic rings. The van der Waals surface area contributed by atoms with E-state index in [1.54, 1.807) is 0 Å². The molecule has 0 spiro atoms. The third-order valence-corrected chi connectivity index (χ3v) is 4.05. The average molecular weight is 328 g/mol. The summed E-state index contributed by atoms with van der Waals surface area (Å²) >= 11 is 0. The summed E-state index contributed by atoms with van der Waals surface area (Å²) in [5, 5.41) is 0. The van der Waals surface area contributed by atoms with Gasteiger partial charge in [0.1, 0.15) is 0 Å². The SMILES string of the molecule is Cc1ccc(N2C=CC(=C3N=C(c4ccccc4)OC3=O)C=C2)cc1. The van der Waals surface area contributed by atoms with Gasteiger partial charge in [-0.15, -0.1) is 0 Å². The van der Waals surface area contributed by atoms with Gasteiger partial charge in [-0.25, -0.2) is 9.79 Å². The lowest BCUT2D eigenvalue weighted by molar-refractivity contribution is -0.130. The fourth-order valence-electron chi connectivity index (χ4n) is 2.67. The number of esters is 1. The van der Waals surface area contributed by atoms with E-state index in [1.807, 2.05) is 59.8 Å². The number of aryl methyl sites for hydroxylation is 1. The second-order valence-corrected chi connectivity index (χ2v) is 5.85. The van der Waals surface area contributed by atoms with Crippen LogP contribution in [0.25, 0.3) is 0 Å². The highest BCUT2D eigenvalue weighted by atomic mass is 16.6. The van der Waals surface area contributed by atoms with Crippen LogP contribution in [0.4, 0.5) is 5.69 Å². The van der Waals surface area contributed by atoms with Crippen molar-refractivity contribution >= 4 is 17.6 Å². The van der Waals surface area contributed by atoms with E-state index in [1.165, 1.54) is 5.56 Å². The first-order valence-electron chi connectivity index (χ1n) is 8.03. The maximum atomic E-state index is 12.2. The molecule has 0 fully saturated rings. The van der Waals surface area contributed by atoms with Crippen LogP contribution in [0, 0.1) is 6.92 Å². The molecule has 0 atom stereocenters. The summed E-state index contributed by atoms with van der Waals surface area (Å²) in [7, 11) is 0. The summed E-state index contributed by atoms with van der Waals surface area (Å²) in [4.78, 5) is 18.5. The molecule has 4 heteroatoms. The monoisotopic (exact) mass is 328 g/mol. The highest BCUT2D eigenvalue weighted by Crippen LogP contribution is 2.25. The molecule has 2 aromatic rings. The molecule has 0 N–H and O–H groups in total. The van der Waals surface area contributed by atoms with E-state index in [4.69, 9.17) is 4.74 Å². The Bertz CT molecular complexity index is 920. The van der Waals surface area contributed by atoms with Crippen molar-refractivity contribution in [1.82, 2.24) is 0 Å². The fourth-order valence-corrected chi connectivity index (χ4v) is 2.67. The Morgan fingerprint density at radius 2 is 1.60 bits per heavy atom. The van der Waals surface area contributed by atoms with Crippen molar-refractivity contribution < 1.29 is 9.53 Å². The summed E-state index contributed by atoms with van der Waals surface area (Å²) < 4.78 is 5.31. The maximum absolute atomic E-state index is 12.2. The van der Waals surface area contributed by atoms with Crippen molar-refractivity contribution in [2.75, 3.05) is 4.90 Å². The highest BCUT2D eigenvalue weighted by molar-refractivity contribution is 6.11. The molecule has 4 rings (SSSR count). The van der Waals surface area contributed by atoms with E-state index in [-0.39, 0.29) is 0 Å². The van der Waals surface area contributed by atoms with Crippen molar-refractivity contribution in [3.8, 4) is 0 Å². The number of anilines is 1. The Balaban J connectivity index is 1.61. The minimum atomic E-state index is -0.424. The highest BCUT2D eigenvalue weighted by Gasteiger charge is 2.26. The zero-order valence-electron chi connectivity index (χ0n) is 13.7. The first kappa shape index (κ1) is 15.1. The van der Waals surface area contributed by atoms with Gasteiger partial charge in [0.15, 0.2) is 5.70 Å². The number of benzene rings is 2. The normalized spacial score (nSPS) is 16.3. The largest absolute Gasteiger partial charge is 0.402 e. The number of ether oxygens (including phenoxy) is 1. The van der Waals surface area contributed by atoms with E-state index >= 15 is 0 Å². The molecule has 0 saturated heterocycles. The minimum absolute atomic E-state index is 0.329. The van der Waals surface area contributed by atoms with Gasteiger partial charge in [-0.3, -0.25) is 0 Å². The smallest absolute Gasteiger partial charge is 0.364 e. The maximum Gasteiger partial charge on any atom is 0.364 e. The number of rotatable bonds is 2. The number of allylic oxidation sites excluding steroid dienone is 3.